The Morgan fingerprint density at radius 1 is 1.32 bits per heavy atom. The van der Waals surface area contributed by atoms with Crippen molar-refractivity contribution in [2.75, 3.05) is 40.9 Å². The Bertz CT molecular complexity index is 434. The van der Waals surface area contributed by atoms with E-state index in [9.17, 15) is 0 Å². The molecule has 0 heterocycles. The number of nitrogens with zero attached hydrogens (tertiary/aromatic N) is 2. The van der Waals surface area contributed by atoms with Crippen LogP contribution >= 0.6 is 24.0 Å². The summed E-state index contributed by atoms with van der Waals surface area (Å²) in [6, 6.07) is 8.92. The predicted octanol–water partition coefficient (Wildman–Crippen LogP) is 2.02. The predicted molar refractivity (Wildman–Crippen MR) is 104 cm³/mol. The molecule has 0 saturated carbocycles. The summed E-state index contributed by atoms with van der Waals surface area (Å²) in [5, 5.41) is 3.03. The topological polar surface area (TPSA) is 62.9 Å². The number of hydrogen-bond donors (Lipinski definition) is 2. The lowest BCUT2D eigenvalue weighted by Gasteiger charge is -2.23. The van der Waals surface area contributed by atoms with Gasteiger partial charge in [-0.1, -0.05) is 31.2 Å². The van der Waals surface area contributed by atoms with Crippen molar-refractivity contribution in [2.24, 2.45) is 10.7 Å². The fourth-order valence-electron chi connectivity index (χ4n) is 2.06. The molecule has 5 nitrogen and oxygen atoms in total. The van der Waals surface area contributed by atoms with Crippen LogP contribution in [-0.4, -0.2) is 51.8 Å². The van der Waals surface area contributed by atoms with Gasteiger partial charge >= 0.3 is 0 Å². The zero-order valence-corrected chi connectivity index (χ0v) is 16.3. The maximum absolute atomic E-state index is 5.85. The SMILES string of the molecule is CCc1ccc(C(CN=C(N)NCCOC)N(C)C)cc1.I. The van der Waals surface area contributed by atoms with E-state index < -0.39 is 0 Å². The molecule has 1 aromatic carbocycles. The van der Waals surface area contributed by atoms with Gasteiger partial charge in [0.25, 0.3) is 0 Å². The van der Waals surface area contributed by atoms with Crippen LogP contribution < -0.4 is 11.1 Å². The van der Waals surface area contributed by atoms with Crippen LogP contribution in [0.4, 0.5) is 0 Å². The number of aliphatic imine (C=N–C) groups is 1. The Hall–Kier alpha value is -0.860. The smallest absolute Gasteiger partial charge is 0.188 e. The molecule has 0 amide bonds. The molecule has 1 aromatic rings. The normalized spacial score (nSPS) is 12.9. The molecule has 0 bridgehead atoms. The number of guanidine groups is 1. The van der Waals surface area contributed by atoms with E-state index in [1.165, 1.54) is 11.1 Å². The summed E-state index contributed by atoms with van der Waals surface area (Å²) in [5.74, 6) is 0.462. The molecule has 1 rings (SSSR count). The van der Waals surface area contributed by atoms with Crippen LogP contribution in [0.3, 0.4) is 0 Å². The van der Waals surface area contributed by atoms with Crippen molar-refractivity contribution < 1.29 is 4.74 Å². The fraction of sp³-hybridized carbons (Fsp3) is 0.562. The average molecular weight is 420 g/mol. The zero-order valence-electron chi connectivity index (χ0n) is 14.0. The minimum atomic E-state index is 0. The van der Waals surface area contributed by atoms with Crippen LogP contribution in [0, 0.1) is 0 Å². The average Bonchev–Trinajstić information content (AvgIpc) is 2.48. The molecule has 126 valence electrons. The Labute approximate surface area is 151 Å². The number of benzene rings is 1. The zero-order chi connectivity index (χ0) is 15.7. The van der Waals surface area contributed by atoms with Crippen LogP contribution in [-0.2, 0) is 11.2 Å². The van der Waals surface area contributed by atoms with E-state index in [-0.39, 0.29) is 30.0 Å². The number of nitrogens with two attached hydrogens (primary N) is 1. The molecule has 3 N–H and O–H groups in total. The van der Waals surface area contributed by atoms with Gasteiger partial charge in [-0.2, -0.15) is 0 Å². The first kappa shape index (κ1) is 21.1. The van der Waals surface area contributed by atoms with Crippen molar-refractivity contribution in [3.05, 3.63) is 35.4 Å². The van der Waals surface area contributed by atoms with Crippen molar-refractivity contribution in [2.45, 2.75) is 19.4 Å². The highest BCUT2D eigenvalue weighted by Gasteiger charge is 2.13. The molecule has 0 fully saturated rings. The first-order valence-electron chi connectivity index (χ1n) is 7.36. The van der Waals surface area contributed by atoms with Crippen molar-refractivity contribution >= 4 is 29.9 Å². The van der Waals surface area contributed by atoms with Crippen LogP contribution in [0.15, 0.2) is 29.3 Å². The lowest BCUT2D eigenvalue weighted by molar-refractivity contribution is 0.204. The van der Waals surface area contributed by atoms with Crippen LogP contribution in [0.2, 0.25) is 0 Å². The number of rotatable bonds is 8. The molecule has 0 aromatic heterocycles. The molecule has 0 saturated heterocycles. The maximum Gasteiger partial charge on any atom is 0.188 e. The molecule has 0 aliphatic rings. The third kappa shape index (κ3) is 7.42. The van der Waals surface area contributed by atoms with Crippen molar-refractivity contribution in [3.63, 3.8) is 0 Å². The van der Waals surface area contributed by atoms with E-state index >= 15 is 0 Å². The van der Waals surface area contributed by atoms with Crippen LogP contribution in [0.25, 0.3) is 0 Å². The molecule has 0 radical (unpaired) electrons. The van der Waals surface area contributed by atoms with Crippen molar-refractivity contribution in [3.8, 4) is 0 Å². The Balaban J connectivity index is 0.00000441. The van der Waals surface area contributed by atoms with Gasteiger partial charge in [-0.25, -0.2) is 0 Å². The minimum absolute atomic E-state index is 0. The molecular weight excluding hydrogens is 391 g/mol. The van der Waals surface area contributed by atoms with Gasteiger partial charge in [0, 0.05) is 13.7 Å². The Kier molecular flexibility index (Phi) is 11.2. The summed E-state index contributed by atoms with van der Waals surface area (Å²) in [6.45, 7) is 4.08. The van der Waals surface area contributed by atoms with E-state index in [4.69, 9.17) is 10.5 Å². The lowest BCUT2D eigenvalue weighted by atomic mass is 10.0. The van der Waals surface area contributed by atoms with Gasteiger partial charge in [0.1, 0.15) is 0 Å². The van der Waals surface area contributed by atoms with Crippen molar-refractivity contribution in [1.82, 2.24) is 10.2 Å². The molecule has 6 heteroatoms. The summed E-state index contributed by atoms with van der Waals surface area (Å²) < 4.78 is 4.97. The second kappa shape index (κ2) is 11.7. The highest BCUT2D eigenvalue weighted by molar-refractivity contribution is 14.0. The highest BCUT2D eigenvalue weighted by Crippen LogP contribution is 2.19. The van der Waals surface area contributed by atoms with E-state index in [1.807, 2.05) is 0 Å². The first-order valence-corrected chi connectivity index (χ1v) is 7.36. The molecule has 0 aliphatic heterocycles. The summed E-state index contributed by atoms with van der Waals surface area (Å²) >= 11 is 0. The number of methoxy groups -OCH3 is 1. The number of halogens is 1. The van der Waals surface area contributed by atoms with Gasteiger partial charge < -0.3 is 20.7 Å². The summed E-state index contributed by atoms with van der Waals surface area (Å²) in [5.41, 5.74) is 8.45. The fourth-order valence-corrected chi connectivity index (χ4v) is 2.06. The summed E-state index contributed by atoms with van der Waals surface area (Å²) in [6.07, 6.45) is 1.06. The number of aryl methyl sites for hydroxylation is 1. The minimum Gasteiger partial charge on any atom is -0.383 e. The molecule has 0 aliphatic carbocycles. The Morgan fingerprint density at radius 2 is 1.95 bits per heavy atom. The molecule has 22 heavy (non-hydrogen) atoms. The lowest BCUT2D eigenvalue weighted by Crippen LogP contribution is -2.35. The quantitative estimate of drug-likeness (QED) is 0.293. The van der Waals surface area contributed by atoms with Gasteiger partial charge in [-0.3, -0.25) is 4.99 Å². The van der Waals surface area contributed by atoms with E-state index in [0.29, 0.717) is 25.7 Å². The van der Waals surface area contributed by atoms with E-state index in [0.717, 1.165) is 6.42 Å². The van der Waals surface area contributed by atoms with Crippen LogP contribution in [0.1, 0.15) is 24.1 Å². The highest BCUT2D eigenvalue weighted by atomic mass is 127. The van der Waals surface area contributed by atoms with Gasteiger partial charge in [0.05, 0.1) is 19.2 Å². The van der Waals surface area contributed by atoms with E-state index in [1.54, 1.807) is 7.11 Å². The van der Waals surface area contributed by atoms with Gasteiger partial charge in [0.15, 0.2) is 5.96 Å². The number of ether oxygens (including phenoxy) is 1. The summed E-state index contributed by atoms with van der Waals surface area (Å²) in [4.78, 5) is 6.58. The van der Waals surface area contributed by atoms with Gasteiger partial charge in [0.2, 0.25) is 0 Å². The number of likely N-dealkylation sites (N-methyl/N-ethyl adjacent to an activating group) is 1. The van der Waals surface area contributed by atoms with Gasteiger partial charge in [-0.05, 0) is 31.6 Å². The third-order valence-electron chi connectivity index (χ3n) is 3.44. The Morgan fingerprint density at radius 3 is 2.45 bits per heavy atom. The monoisotopic (exact) mass is 420 g/mol. The van der Waals surface area contributed by atoms with Crippen LogP contribution in [0.5, 0.6) is 0 Å². The second-order valence-corrected chi connectivity index (χ2v) is 5.22. The van der Waals surface area contributed by atoms with E-state index in [2.05, 4.69) is 60.5 Å². The van der Waals surface area contributed by atoms with Crippen molar-refractivity contribution in [1.29, 1.82) is 0 Å². The second-order valence-electron chi connectivity index (χ2n) is 5.22. The van der Waals surface area contributed by atoms with Gasteiger partial charge in [-0.15, -0.1) is 24.0 Å². The third-order valence-corrected chi connectivity index (χ3v) is 3.44. The maximum atomic E-state index is 5.85. The molecule has 1 unspecified atom stereocenters. The first-order chi connectivity index (χ1) is 10.1. The molecule has 1 atom stereocenters. The standard InChI is InChI=1S/C16H28N4O.HI/c1-5-13-6-8-14(9-7-13)15(20(2)3)12-19-16(17)18-10-11-21-4;/h6-9,15H,5,10-12H2,1-4H3,(H3,17,18,19);1H. The number of nitrogens with one attached hydrogen (secondary N) is 1. The largest absolute Gasteiger partial charge is 0.383 e. The molecular formula is C16H29IN4O. The molecule has 0 spiro atoms. The number of hydrogen-bond acceptors (Lipinski definition) is 3. The summed E-state index contributed by atoms with van der Waals surface area (Å²) in [7, 11) is 5.78.